The summed E-state index contributed by atoms with van der Waals surface area (Å²) in [5.74, 6) is 0.564. The Morgan fingerprint density at radius 2 is 2.33 bits per heavy atom. The third-order valence-electron chi connectivity index (χ3n) is 2.65. The van der Waals surface area contributed by atoms with Gasteiger partial charge in [-0.3, -0.25) is 0 Å². The molecule has 0 radical (unpaired) electrons. The molecule has 0 aliphatic carbocycles. The molecule has 0 saturated heterocycles. The Kier molecular flexibility index (Phi) is 2.93. The van der Waals surface area contributed by atoms with E-state index in [9.17, 15) is 0 Å². The largest absolute Gasteiger partial charge is 0.334 e. The maximum Gasteiger partial charge on any atom is 0.0955 e. The van der Waals surface area contributed by atoms with Crippen LogP contribution in [0.25, 0.3) is 11.0 Å². The molecule has 0 aliphatic heterocycles. The fourth-order valence-electron chi connectivity index (χ4n) is 1.70. The van der Waals surface area contributed by atoms with Gasteiger partial charge in [0, 0.05) is 19.0 Å². The predicted molar refractivity (Wildman–Crippen MR) is 63.2 cm³/mol. The molecule has 0 spiro atoms. The van der Waals surface area contributed by atoms with Gasteiger partial charge in [-0.25, -0.2) is 4.98 Å². The van der Waals surface area contributed by atoms with Crippen LogP contribution in [0.3, 0.4) is 0 Å². The summed E-state index contributed by atoms with van der Waals surface area (Å²) < 4.78 is 2.01. The quantitative estimate of drug-likeness (QED) is 0.808. The molecule has 0 saturated carbocycles. The van der Waals surface area contributed by atoms with Gasteiger partial charge in [-0.2, -0.15) is 0 Å². The number of nitrogens with zero attached hydrogens (tertiary/aromatic N) is 2. The molecule has 80 valence electrons. The minimum Gasteiger partial charge on any atom is -0.334 e. The van der Waals surface area contributed by atoms with Crippen molar-refractivity contribution in [3.8, 4) is 0 Å². The first kappa shape index (κ1) is 10.5. The van der Waals surface area contributed by atoms with E-state index < -0.39 is 0 Å². The van der Waals surface area contributed by atoms with Crippen LogP contribution in [0.1, 0.15) is 11.6 Å². The molecule has 4 heteroatoms. The third kappa shape index (κ3) is 1.85. The van der Waals surface area contributed by atoms with Crippen molar-refractivity contribution in [1.29, 1.82) is 0 Å². The van der Waals surface area contributed by atoms with E-state index in [2.05, 4.69) is 28.5 Å². The number of hydrogen-bond donors (Lipinski definition) is 1. The molecular weight excluding hydrogens is 210 g/mol. The van der Waals surface area contributed by atoms with Crippen LogP contribution in [0.15, 0.2) is 24.5 Å². The Hall–Kier alpha value is -1.06. The molecule has 0 bridgehead atoms. The number of benzene rings is 1. The van der Waals surface area contributed by atoms with Crippen LogP contribution < -0.4 is 5.32 Å². The molecule has 0 amide bonds. The van der Waals surface area contributed by atoms with Crippen molar-refractivity contribution in [2.24, 2.45) is 7.05 Å². The second-order valence-corrected chi connectivity index (χ2v) is 3.91. The Morgan fingerprint density at radius 1 is 1.53 bits per heavy atom. The normalized spacial score (nSPS) is 13.3. The smallest absolute Gasteiger partial charge is 0.0955 e. The molecular formula is C11H14ClN3. The summed E-state index contributed by atoms with van der Waals surface area (Å²) in [7, 11) is 3.90. The Labute approximate surface area is 94.1 Å². The van der Waals surface area contributed by atoms with E-state index in [1.807, 2.05) is 25.0 Å². The van der Waals surface area contributed by atoms with Crippen LogP contribution in [-0.4, -0.2) is 22.5 Å². The lowest BCUT2D eigenvalue weighted by Gasteiger charge is -2.12. The fourth-order valence-corrected chi connectivity index (χ4v) is 2.04. The van der Waals surface area contributed by atoms with Crippen molar-refractivity contribution in [3.63, 3.8) is 0 Å². The number of aryl methyl sites for hydroxylation is 1. The molecule has 0 aliphatic rings. The van der Waals surface area contributed by atoms with Crippen LogP contribution in [0, 0.1) is 0 Å². The van der Waals surface area contributed by atoms with E-state index in [1.165, 1.54) is 5.56 Å². The predicted octanol–water partition coefficient (Wildman–Crippen LogP) is 2.07. The SMILES string of the molecule is CNC(CCl)c1ccc2c(c1)ncn2C. The highest BCUT2D eigenvalue weighted by Crippen LogP contribution is 2.19. The second-order valence-electron chi connectivity index (χ2n) is 3.60. The van der Waals surface area contributed by atoms with E-state index in [0.29, 0.717) is 5.88 Å². The van der Waals surface area contributed by atoms with Crippen LogP contribution in [0.2, 0.25) is 0 Å². The van der Waals surface area contributed by atoms with Gasteiger partial charge in [0.05, 0.1) is 17.4 Å². The number of imidazole rings is 1. The number of halogens is 1. The molecule has 0 fully saturated rings. The van der Waals surface area contributed by atoms with Gasteiger partial charge in [-0.05, 0) is 24.7 Å². The lowest BCUT2D eigenvalue weighted by atomic mass is 10.1. The maximum absolute atomic E-state index is 5.87. The maximum atomic E-state index is 5.87. The zero-order chi connectivity index (χ0) is 10.8. The van der Waals surface area contributed by atoms with Crippen molar-refractivity contribution in [1.82, 2.24) is 14.9 Å². The monoisotopic (exact) mass is 223 g/mol. The summed E-state index contributed by atoms with van der Waals surface area (Å²) in [6, 6.07) is 6.44. The summed E-state index contributed by atoms with van der Waals surface area (Å²) >= 11 is 5.87. The van der Waals surface area contributed by atoms with Crippen molar-refractivity contribution >= 4 is 22.6 Å². The van der Waals surface area contributed by atoms with E-state index in [-0.39, 0.29) is 6.04 Å². The van der Waals surface area contributed by atoms with Gasteiger partial charge in [-0.15, -0.1) is 11.6 Å². The molecule has 3 nitrogen and oxygen atoms in total. The van der Waals surface area contributed by atoms with Crippen molar-refractivity contribution in [2.75, 3.05) is 12.9 Å². The van der Waals surface area contributed by atoms with Crippen molar-refractivity contribution < 1.29 is 0 Å². The number of aromatic nitrogens is 2. The standard InChI is InChI=1S/C11H14ClN3/c1-13-10(6-12)8-3-4-11-9(5-8)14-7-15(11)2/h3-5,7,10,13H,6H2,1-2H3. The van der Waals surface area contributed by atoms with Crippen LogP contribution in [-0.2, 0) is 7.05 Å². The summed E-state index contributed by atoms with van der Waals surface area (Å²) in [6.07, 6.45) is 1.82. The number of fused-ring (bicyclic) bond motifs is 1. The van der Waals surface area contributed by atoms with Crippen molar-refractivity contribution in [2.45, 2.75) is 6.04 Å². The highest BCUT2D eigenvalue weighted by molar-refractivity contribution is 6.18. The van der Waals surface area contributed by atoms with Gasteiger partial charge < -0.3 is 9.88 Å². The van der Waals surface area contributed by atoms with Crippen molar-refractivity contribution in [3.05, 3.63) is 30.1 Å². The van der Waals surface area contributed by atoms with Gasteiger partial charge in [0.15, 0.2) is 0 Å². The third-order valence-corrected chi connectivity index (χ3v) is 2.96. The highest BCUT2D eigenvalue weighted by Gasteiger charge is 2.09. The van der Waals surface area contributed by atoms with Gasteiger partial charge in [0.25, 0.3) is 0 Å². The van der Waals surface area contributed by atoms with E-state index in [1.54, 1.807) is 0 Å². The molecule has 2 rings (SSSR count). The minimum atomic E-state index is 0.193. The average Bonchev–Trinajstić information content (AvgIpc) is 2.62. The molecule has 15 heavy (non-hydrogen) atoms. The lowest BCUT2D eigenvalue weighted by Crippen LogP contribution is -2.17. The molecule has 1 atom stereocenters. The molecule has 1 aromatic carbocycles. The average molecular weight is 224 g/mol. The highest BCUT2D eigenvalue weighted by atomic mass is 35.5. The molecule has 1 N–H and O–H groups in total. The van der Waals surface area contributed by atoms with E-state index in [0.717, 1.165) is 11.0 Å². The zero-order valence-corrected chi connectivity index (χ0v) is 9.62. The van der Waals surface area contributed by atoms with Crippen LogP contribution >= 0.6 is 11.6 Å². The van der Waals surface area contributed by atoms with E-state index in [4.69, 9.17) is 11.6 Å². The first-order chi connectivity index (χ1) is 7.26. The van der Waals surface area contributed by atoms with Gasteiger partial charge >= 0.3 is 0 Å². The molecule has 1 unspecified atom stereocenters. The second kappa shape index (κ2) is 4.21. The topological polar surface area (TPSA) is 29.9 Å². The van der Waals surface area contributed by atoms with Gasteiger partial charge in [0.1, 0.15) is 0 Å². The fraction of sp³-hybridized carbons (Fsp3) is 0.364. The lowest BCUT2D eigenvalue weighted by molar-refractivity contribution is 0.659. The van der Waals surface area contributed by atoms with Crippen LogP contribution in [0.5, 0.6) is 0 Å². The Balaban J connectivity index is 2.46. The summed E-state index contributed by atoms with van der Waals surface area (Å²) in [4.78, 5) is 4.32. The molecule has 1 aromatic heterocycles. The Morgan fingerprint density at radius 3 is 3.00 bits per heavy atom. The summed E-state index contributed by atoms with van der Waals surface area (Å²) in [5.41, 5.74) is 3.34. The zero-order valence-electron chi connectivity index (χ0n) is 8.87. The first-order valence-electron chi connectivity index (χ1n) is 4.90. The minimum absolute atomic E-state index is 0.193. The first-order valence-corrected chi connectivity index (χ1v) is 5.44. The molecule has 1 heterocycles. The van der Waals surface area contributed by atoms with Gasteiger partial charge in [-0.1, -0.05) is 6.07 Å². The van der Waals surface area contributed by atoms with E-state index >= 15 is 0 Å². The van der Waals surface area contributed by atoms with Gasteiger partial charge in [0.2, 0.25) is 0 Å². The van der Waals surface area contributed by atoms with Crippen LogP contribution in [0.4, 0.5) is 0 Å². The summed E-state index contributed by atoms with van der Waals surface area (Å²) in [5, 5.41) is 3.17. The number of alkyl halides is 1. The number of rotatable bonds is 3. The number of hydrogen-bond acceptors (Lipinski definition) is 2. The number of nitrogens with one attached hydrogen (secondary N) is 1. The Bertz CT molecular complexity index is 460. The molecule has 2 aromatic rings. The summed E-state index contributed by atoms with van der Waals surface area (Å²) in [6.45, 7) is 0.